The van der Waals surface area contributed by atoms with Gasteiger partial charge in [-0.25, -0.2) is 0 Å². The van der Waals surface area contributed by atoms with Crippen LogP contribution in [0.5, 0.6) is 0 Å². The van der Waals surface area contributed by atoms with Crippen molar-refractivity contribution in [3.63, 3.8) is 0 Å². The van der Waals surface area contributed by atoms with Gasteiger partial charge in [-0.1, -0.05) is 12.8 Å². The summed E-state index contributed by atoms with van der Waals surface area (Å²) in [5.41, 5.74) is 0. The highest BCUT2D eigenvalue weighted by Crippen LogP contribution is 2.20. The second kappa shape index (κ2) is 10.8. The number of hydrogen-bond donors (Lipinski definition) is 1. The standard InChI is InChI=1S/C15H31NO2/c1-16(10-4-2-6-12-17)11-5-3-7-15-8-13-18-14-9-15/h15,17H,2-14H2,1H3. The molecule has 1 aliphatic heterocycles. The largest absolute Gasteiger partial charge is 0.396 e. The van der Waals surface area contributed by atoms with E-state index in [9.17, 15) is 0 Å². The Morgan fingerprint density at radius 3 is 2.33 bits per heavy atom. The van der Waals surface area contributed by atoms with E-state index in [0.29, 0.717) is 6.61 Å². The third-order valence-corrected chi connectivity index (χ3v) is 3.94. The van der Waals surface area contributed by atoms with Crippen LogP contribution in [0.15, 0.2) is 0 Å². The van der Waals surface area contributed by atoms with Crippen LogP contribution in [-0.2, 0) is 4.74 Å². The van der Waals surface area contributed by atoms with Gasteiger partial charge in [-0.05, 0) is 64.6 Å². The molecule has 3 nitrogen and oxygen atoms in total. The lowest BCUT2D eigenvalue weighted by Crippen LogP contribution is -2.21. The van der Waals surface area contributed by atoms with E-state index in [2.05, 4.69) is 11.9 Å². The van der Waals surface area contributed by atoms with Gasteiger partial charge < -0.3 is 14.7 Å². The van der Waals surface area contributed by atoms with E-state index in [1.807, 2.05) is 0 Å². The number of unbranched alkanes of at least 4 members (excludes halogenated alkanes) is 3. The SMILES string of the molecule is CN(CCCCCO)CCCCC1CCOCC1. The van der Waals surface area contributed by atoms with Crippen LogP contribution < -0.4 is 0 Å². The van der Waals surface area contributed by atoms with E-state index in [1.54, 1.807) is 0 Å². The average Bonchev–Trinajstić information content (AvgIpc) is 2.41. The van der Waals surface area contributed by atoms with Crippen molar-refractivity contribution >= 4 is 0 Å². The number of nitrogens with zero attached hydrogens (tertiary/aromatic N) is 1. The predicted molar refractivity (Wildman–Crippen MR) is 75.8 cm³/mol. The molecular formula is C15H31NO2. The summed E-state index contributed by atoms with van der Waals surface area (Å²) in [6.07, 6.45) is 9.97. The summed E-state index contributed by atoms with van der Waals surface area (Å²) in [6, 6.07) is 0. The van der Waals surface area contributed by atoms with E-state index in [0.717, 1.165) is 32.0 Å². The van der Waals surface area contributed by atoms with E-state index in [1.165, 1.54) is 51.6 Å². The van der Waals surface area contributed by atoms with E-state index in [-0.39, 0.29) is 0 Å². The summed E-state index contributed by atoms with van der Waals surface area (Å²) in [7, 11) is 2.22. The van der Waals surface area contributed by atoms with E-state index < -0.39 is 0 Å². The van der Waals surface area contributed by atoms with Crippen molar-refractivity contribution in [1.29, 1.82) is 0 Å². The zero-order valence-corrected chi connectivity index (χ0v) is 12.1. The van der Waals surface area contributed by atoms with Crippen molar-refractivity contribution in [3.05, 3.63) is 0 Å². The molecule has 0 radical (unpaired) electrons. The van der Waals surface area contributed by atoms with Gasteiger partial charge in [-0.2, -0.15) is 0 Å². The summed E-state index contributed by atoms with van der Waals surface area (Å²) in [5, 5.41) is 8.71. The molecular weight excluding hydrogens is 226 g/mol. The summed E-state index contributed by atoms with van der Waals surface area (Å²) < 4.78 is 5.38. The predicted octanol–water partition coefficient (Wildman–Crippen LogP) is 2.68. The zero-order valence-electron chi connectivity index (χ0n) is 12.1. The molecule has 0 amide bonds. The van der Waals surface area contributed by atoms with Crippen molar-refractivity contribution in [2.24, 2.45) is 5.92 Å². The summed E-state index contributed by atoms with van der Waals surface area (Å²) in [4.78, 5) is 2.43. The third-order valence-electron chi connectivity index (χ3n) is 3.94. The molecule has 0 aromatic heterocycles. The van der Waals surface area contributed by atoms with Crippen LogP contribution in [0.3, 0.4) is 0 Å². The van der Waals surface area contributed by atoms with Gasteiger partial charge in [-0.3, -0.25) is 0 Å². The minimum Gasteiger partial charge on any atom is -0.396 e. The molecule has 1 rings (SSSR count). The molecule has 0 bridgehead atoms. The second-order valence-corrected chi connectivity index (χ2v) is 5.64. The molecule has 1 saturated heterocycles. The lowest BCUT2D eigenvalue weighted by atomic mass is 9.94. The van der Waals surface area contributed by atoms with Crippen LogP contribution in [0, 0.1) is 5.92 Å². The van der Waals surface area contributed by atoms with Crippen LogP contribution in [0.2, 0.25) is 0 Å². The van der Waals surface area contributed by atoms with Crippen LogP contribution in [0.25, 0.3) is 0 Å². The van der Waals surface area contributed by atoms with Crippen LogP contribution in [-0.4, -0.2) is 50.0 Å². The highest BCUT2D eigenvalue weighted by Gasteiger charge is 2.12. The number of aliphatic hydroxyl groups excluding tert-OH is 1. The van der Waals surface area contributed by atoms with Crippen LogP contribution >= 0.6 is 0 Å². The number of ether oxygens (including phenoxy) is 1. The Balaban J connectivity index is 1.86. The molecule has 0 aromatic rings. The molecule has 0 unspecified atom stereocenters. The maximum absolute atomic E-state index is 8.71. The molecule has 0 spiro atoms. The highest BCUT2D eigenvalue weighted by molar-refractivity contribution is 4.64. The Morgan fingerprint density at radius 2 is 1.67 bits per heavy atom. The quantitative estimate of drug-likeness (QED) is 0.611. The average molecular weight is 257 g/mol. The van der Waals surface area contributed by atoms with Gasteiger partial charge >= 0.3 is 0 Å². The smallest absolute Gasteiger partial charge is 0.0468 e. The molecule has 18 heavy (non-hydrogen) atoms. The second-order valence-electron chi connectivity index (χ2n) is 5.64. The van der Waals surface area contributed by atoms with Crippen molar-refractivity contribution in [2.75, 3.05) is 40.0 Å². The Kier molecular flexibility index (Phi) is 9.54. The van der Waals surface area contributed by atoms with Crippen LogP contribution in [0.4, 0.5) is 0 Å². The van der Waals surface area contributed by atoms with Gasteiger partial charge in [0.2, 0.25) is 0 Å². The minimum absolute atomic E-state index is 0.342. The normalized spacial score (nSPS) is 17.5. The van der Waals surface area contributed by atoms with Crippen molar-refractivity contribution in [3.8, 4) is 0 Å². The maximum Gasteiger partial charge on any atom is 0.0468 e. The monoisotopic (exact) mass is 257 g/mol. The fourth-order valence-corrected chi connectivity index (χ4v) is 2.63. The van der Waals surface area contributed by atoms with Crippen molar-refractivity contribution in [1.82, 2.24) is 4.90 Å². The number of rotatable bonds is 10. The molecule has 3 heteroatoms. The lowest BCUT2D eigenvalue weighted by Gasteiger charge is -2.22. The third kappa shape index (κ3) is 8.06. The highest BCUT2D eigenvalue weighted by atomic mass is 16.5. The Bertz CT molecular complexity index is 181. The molecule has 1 N–H and O–H groups in total. The van der Waals surface area contributed by atoms with Crippen molar-refractivity contribution < 1.29 is 9.84 Å². The fraction of sp³-hybridized carbons (Fsp3) is 1.00. The summed E-state index contributed by atoms with van der Waals surface area (Å²) in [6.45, 7) is 4.71. The first kappa shape index (κ1) is 15.9. The van der Waals surface area contributed by atoms with Gasteiger partial charge in [0.15, 0.2) is 0 Å². The Labute approximate surface area is 113 Å². The molecule has 108 valence electrons. The first-order valence-electron chi connectivity index (χ1n) is 7.70. The first-order valence-corrected chi connectivity index (χ1v) is 7.70. The minimum atomic E-state index is 0.342. The first-order chi connectivity index (χ1) is 8.83. The van der Waals surface area contributed by atoms with Gasteiger partial charge in [0.25, 0.3) is 0 Å². The fourth-order valence-electron chi connectivity index (χ4n) is 2.63. The lowest BCUT2D eigenvalue weighted by molar-refractivity contribution is 0.0629. The maximum atomic E-state index is 8.71. The van der Waals surface area contributed by atoms with Gasteiger partial charge in [0.05, 0.1) is 0 Å². The van der Waals surface area contributed by atoms with Crippen LogP contribution in [0.1, 0.15) is 51.4 Å². The Morgan fingerprint density at radius 1 is 1.00 bits per heavy atom. The molecule has 0 aliphatic carbocycles. The van der Waals surface area contributed by atoms with Gasteiger partial charge in [0.1, 0.15) is 0 Å². The molecule has 1 fully saturated rings. The van der Waals surface area contributed by atoms with Gasteiger partial charge in [0, 0.05) is 19.8 Å². The van der Waals surface area contributed by atoms with Crippen molar-refractivity contribution in [2.45, 2.75) is 51.4 Å². The molecule has 0 aromatic carbocycles. The summed E-state index contributed by atoms with van der Waals surface area (Å²) >= 11 is 0. The molecule has 1 aliphatic rings. The van der Waals surface area contributed by atoms with E-state index >= 15 is 0 Å². The number of hydrogen-bond acceptors (Lipinski definition) is 3. The zero-order chi connectivity index (χ0) is 13.1. The molecule has 0 saturated carbocycles. The van der Waals surface area contributed by atoms with Gasteiger partial charge in [-0.15, -0.1) is 0 Å². The Hall–Kier alpha value is -0.120. The summed E-state index contributed by atoms with van der Waals surface area (Å²) in [5.74, 6) is 0.925. The molecule has 0 atom stereocenters. The molecule has 1 heterocycles. The van der Waals surface area contributed by atoms with E-state index in [4.69, 9.17) is 9.84 Å². The topological polar surface area (TPSA) is 32.7 Å². The number of aliphatic hydroxyl groups is 1.